The van der Waals surface area contributed by atoms with Crippen LogP contribution in [0.25, 0.3) is 11.1 Å². The molecule has 4 heterocycles. The van der Waals surface area contributed by atoms with Gasteiger partial charge in [0.2, 0.25) is 11.8 Å². The summed E-state index contributed by atoms with van der Waals surface area (Å²) in [6.07, 6.45) is 6.28. The summed E-state index contributed by atoms with van der Waals surface area (Å²) in [6.45, 7) is 15.2. The summed E-state index contributed by atoms with van der Waals surface area (Å²) >= 11 is 0. The quantitative estimate of drug-likeness (QED) is 0.0452. The maximum atomic E-state index is 14.1. The molecule has 3 N–H and O–H groups in total. The van der Waals surface area contributed by atoms with Crippen LogP contribution in [0, 0.1) is 11.6 Å². The minimum Gasteiger partial charge on any atom is -0.378 e. The van der Waals surface area contributed by atoms with Crippen LogP contribution in [0.1, 0.15) is 43.2 Å². The van der Waals surface area contributed by atoms with E-state index in [4.69, 9.17) is 28.7 Å². The third kappa shape index (κ3) is 17.8. The lowest BCUT2D eigenvalue weighted by Crippen LogP contribution is -2.60. The minimum atomic E-state index is -0.610. The molecule has 0 aliphatic carbocycles. The highest BCUT2D eigenvalue weighted by Crippen LogP contribution is 2.40. The number of carbonyl (C=O) groups is 2. The Morgan fingerprint density at radius 3 is 2.11 bits per heavy atom. The van der Waals surface area contributed by atoms with E-state index in [2.05, 4.69) is 64.6 Å². The van der Waals surface area contributed by atoms with Crippen molar-refractivity contribution in [2.75, 3.05) is 129 Å². The number of nitrogens with zero attached hydrogens (tertiary/aromatic N) is 5. The van der Waals surface area contributed by atoms with Gasteiger partial charge in [-0.2, -0.15) is 0 Å². The van der Waals surface area contributed by atoms with Crippen LogP contribution in [-0.2, 0) is 51.5 Å². The van der Waals surface area contributed by atoms with Crippen LogP contribution in [0.4, 0.5) is 20.2 Å². The third-order valence-electron chi connectivity index (χ3n) is 13.2. The van der Waals surface area contributed by atoms with E-state index in [1.54, 1.807) is 36.7 Å². The van der Waals surface area contributed by atoms with Gasteiger partial charge in [-0.15, -0.1) is 0 Å². The van der Waals surface area contributed by atoms with E-state index < -0.39 is 6.04 Å². The number of halogens is 2. The van der Waals surface area contributed by atoms with Crippen molar-refractivity contribution in [2.24, 2.45) is 0 Å². The second kappa shape index (κ2) is 28.9. The molecule has 2 aliphatic rings. The van der Waals surface area contributed by atoms with Gasteiger partial charge in [-0.25, -0.2) is 8.78 Å². The molecule has 0 bridgehead atoms. The van der Waals surface area contributed by atoms with Crippen LogP contribution in [0.2, 0.25) is 0 Å². The van der Waals surface area contributed by atoms with Crippen molar-refractivity contribution >= 4 is 23.2 Å². The van der Waals surface area contributed by atoms with Gasteiger partial charge in [0, 0.05) is 81.0 Å². The zero-order valence-electron chi connectivity index (χ0n) is 43.4. The fraction of sp³-hybridized carbons (Fsp3) is 0.474. The molecule has 1 fully saturated rings. The van der Waals surface area contributed by atoms with E-state index in [0.717, 1.165) is 59.8 Å². The second-order valence-electron chi connectivity index (χ2n) is 19.7. The Balaban J connectivity index is 0.702. The number of pyridine rings is 2. The Kier molecular flexibility index (Phi) is 21.9. The number of rotatable bonds is 30. The van der Waals surface area contributed by atoms with Crippen LogP contribution >= 0.6 is 0 Å². The third-order valence-corrected chi connectivity index (χ3v) is 13.2. The monoisotopic (exact) mass is 1020 g/mol. The molecule has 3 atom stereocenters. The van der Waals surface area contributed by atoms with E-state index in [1.807, 2.05) is 47.5 Å². The first-order chi connectivity index (χ1) is 35.9. The molecule has 17 heteroatoms. The molecule has 0 saturated carbocycles. The van der Waals surface area contributed by atoms with Crippen LogP contribution in [-0.4, -0.2) is 169 Å². The molecule has 2 aromatic heterocycles. The van der Waals surface area contributed by atoms with Gasteiger partial charge in [0.25, 0.3) is 0 Å². The Morgan fingerprint density at radius 1 is 0.784 bits per heavy atom. The summed E-state index contributed by atoms with van der Waals surface area (Å²) in [4.78, 5) is 42.9. The maximum Gasteiger partial charge on any atom is 0.241 e. The van der Waals surface area contributed by atoms with Crippen molar-refractivity contribution in [3.63, 3.8) is 0 Å². The predicted molar refractivity (Wildman–Crippen MR) is 283 cm³/mol. The van der Waals surface area contributed by atoms with Crippen molar-refractivity contribution in [2.45, 2.75) is 57.2 Å². The van der Waals surface area contributed by atoms with Crippen molar-refractivity contribution in [3.05, 3.63) is 144 Å². The number of fused-ring (bicyclic) bond motifs is 1. The molecule has 7 rings (SSSR count). The zero-order chi connectivity index (χ0) is 52.1. The molecule has 15 nitrogen and oxygen atoms in total. The van der Waals surface area contributed by atoms with Gasteiger partial charge in [0.05, 0.1) is 90.0 Å². The first kappa shape index (κ1) is 56.1. The maximum absolute atomic E-state index is 14.1. The Hall–Kier alpha value is -5.60. The fourth-order valence-corrected chi connectivity index (χ4v) is 9.23. The Morgan fingerprint density at radius 2 is 1.43 bits per heavy atom. The molecule has 0 unspecified atom stereocenters. The highest BCUT2D eigenvalue weighted by atomic mass is 19.1. The largest absolute Gasteiger partial charge is 0.378 e. The van der Waals surface area contributed by atoms with Crippen molar-refractivity contribution in [1.29, 1.82) is 0 Å². The average molecular weight is 1020 g/mol. The van der Waals surface area contributed by atoms with Crippen LogP contribution in [0.15, 0.2) is 110 Å². The lowest BCUT2D eigenvalue weighted by atomic mass is 9.91. The summed E-state index contributed by atoms with van der Waals surface area (Å²) in [5.74, 6) is -0.765. The van der Waals surface area contributed by atoms with Crippen LogP contribution in [0.5, 0.6) is 0 Å². The van der Waals surface area contributed by atoms with E-state index in [-0.39, 0.29) is 40.9 Å². The summed E-state index contributed by atoms with van der Waals surface area (Å²) < 4.78 is 56.1. The SMILES string of the molecule is C[C@@H]1CN(CC(=O)N2CC(C)(C)c3ncc(Cc4ccc(F)cc4)cc32)[C@@H](CN(C)CCOCCOCCOCCOCCOCCN[C@H](Cc2cccc(F)c2)C(=O)Nc2ccc(-c3ccncc3)cc2)CN1. The number of hydrogen-bond donors (Lipinski definition) is 3. The molecule has 398 valence electrons. The lowest BCUT2D eigenvalue weighted by Gasteiger charge is -2.41. The zero-order valence-corrected chi connectivity index (χ0v) is 43.4. The number of piperazine rings is 1. The molecule has 0 spiro atoms. The van der Waals surface area contributed by atoms with E-state index in [0.29, 0.717) is 110 Å². The molecule has 5 aromatic rings. The molecule has 2 aliphatic heterocycles. The summed E-state index contributed by atoms with van der Waals surface area (Å²) in [5.41, 5.74) is 6.93. The fourth-order valence-electron chi connectivity index (χ4n) is 9.23. The van der Waals surface area contributed by atoms with E-state index in [1.165, 1.54) is 24.3 Å². The lowest BCUT2D eigenvalue weighted by molar-refractivity contribution is -0.121. The smallest absolute Gasteiger partial charge is 0.241 e. The summed E-state index contributed by atoms with van der Waals surface area (Å²) in [7, 11) is 2.09. The van der Waals surface area contributed by atoms with Gasteiger partial charge in [0.15, 0.2) is 0 Å². The number of aromatic nitrogens is 2. The number of hydrogen-bond acceptors (Lipinski definition) is 13. The first-order valence-corrected chi connectivity index (χ1v) is 25.8. The number of anilines is 2. The van der Waals surface area contributed by atoms with Crippen molar-refractivity contribution in [1.82, 2.24) is 30.4 Å². The highest BCUT2D eigenvalue weighted by molar-refractivity contribution is 5.97. The molecule has 2 amide bonds. The minimum absolute atomic E-state index is 0.0709. The van der Waals surface area contributed by atoms with E-state index in [9.17, 15) is 18.4 Å². The summed E-state index contributed by atoms with van der Waals surface area (Å²) in [5, 5.41) is 9.85. The predicted octanol–water partition coefficient (Wildman–Crippen LogP) is 6.15. The van der Waals surface area contributed by atoms with Crippen molar-refractivity contribution < 1.29 is 42.1 Å². The highest BCUT2D eigenvalue weighted by Gasteiger charge is 2.41. The molecular formula is C57H74F2N8O7. The van der Waals surface area contributed by atoms with Gasteiger partial charge in [0.1, 0.15) is 11.6 Å². The molecule has 0 radical (unpaired) electrons. The number of carbonyl (C=O) groups excluding carboxylic acids is 2. The Labute approximate surface area is 435 Å². The van der Waals surface area contributed by atoms with E-state index >= 15 is 0 Å². The number of amides is 2. The standard InChI is InChI=1S/C57H74F2N8O7/c1-42-38-66(40-54(68)67-41-57(2,3)55-53(67)35-45(36-63-55)32-43-8-12-48(58)13-9-43)51(37-62-42)39-65(4)21-23-71-25-27-73-29-31-74-30-28-72-26-24-70-22-20-61-52(34-44-6-5-7-49(59)33-44)56(69)64-50-14-10-46(11-15-50)47-16-18-60-19-17-47/h5-19,33,35-36,42,51-52,61-62H,20-32,34,37-41H2,1-4H3,(H,64,69)/t42-,51-,52-/m1/s1. The van der Waals surface area contributed by atoms with Gasteiger partial charge in [-0.1, -0.05) is 50.2 Å². The molecule has 74 heavy (non-hydrogen) atoms. The first-order valence-electron chi connectivity index (χ1n) is 25.8. The van der Waals surface area contributed by atoms with Gasteiger partial charge < -0.3 is 49.4 Å². The van der Waals surface area contributed by atoms with Gasteiger partial charge in [-0.3, -0.25) is 24.5 Å². The second-order valence-corrected chi connectivity index (χ2v) is 19.7. The topological polar surface area (TPSA) is 152 Å². The number of likely N-dealkylation sites (N-methyl/N-ethyl adjacent to an activating group) is 1. The number of benzene rings is 3. The van der Waals surface area contributed by atoms with Gasteiger partial charge >= 0.3 is 0 Å². The summed E-state index contributed by atoms with van der Waals surface area (Å²) in [6, 6.07) is 26.1. The molecule has 1 saturated heterocycles. The normalized spacial score (nSPS) is 16.9. The van der Waals surface area contributed by atoms with Crippen LogP contribution in [0.3, 0.4) is 0 Å². The molecule has 3 aromatic carbocycles. The van der Waals surface area contributed by atoms with Crippen LogP contribution < -0.4 is 20.9 Å². The number of nitrogens with one attached hydrogen (secondary N) is 3. The van der Waals surface area contributed by atoms with Crippen molar-refractivity contribution in [3.8, 4) is 11.1 Å². The average Bonchev–Trinajstić information content (AvgIpc) is 3.67. The Bertz CT molecular complexity index is 2490. The molecular weight excluding hydrogens is 947 g/mol. The van der Waals surface area contributed by atoms with Gasteiger partial charge in [-0.05, 0) is 109 Å². The number of ether oxygens (including phenoxy) is 5.